The molecule has 24 heavy (non-hydrogen) atoms. The van der Waals surface area contributed by atoms with Gasteiger partial charge >= 0.3 is 0 Å². The smallest absolute Gasteiger partial charge is 0.262 e. The van der Waals surface area contributed by atoms with Crippen molar-refractivity contribution in [2.75, 3.05) is 6.26 Å². The molecular formula is C19H18N2O2S. The minimum absolute atomic E-state index is 0.00284. The summed E-state index contributed by atoms with van der Waals surface area (Å²) in [7, 11) is 0. The van der Waals surface area contributed by atoms with E-state index in [1.807, 2.05) is 50.4 Å². The van der Waals surface area contributed by atoms with Gasteiger partial charge in [0.25, 0.3) is 5.56 Å². The zero-order chi connectivity index (χ0) is 17.3. The first-order valence-electron chi connectivity index (χ1n) is 7.65. The number of carbonyl (C=O) groups excluding carboxylic acids is 1. The first-order valence-corrected chi connectivity index (χ1v) is 8.87. The standard InChI is InChI=1S/C19H18N2O2S/c1-12-8-9-13(2)15(10-12)17(22)11-21-18(23)14-6-4-5-7-16(14)20-19(21)24-3/h4-10H,11H2,1-3H3. The topological polar surface area (TPSA) is 52.0 Å². The van der Waals surface area contributed by atoms with Gasteiger partial charge in [0.1, 0.15) is 0 Å². The van der Waals surface area contributed by atoms with Gasteiger partial charge in [-0.2, -0.15) is 0 Å². The number of thioether (sulfide) groups is 1. The molecule has 5 heteroatoms. The van der Waals surface area contributed by atoms with Crippen molar-refractivity contribution in [3.05, 3.63) is 69.5 Å². The Hall–Kier alpha value is -2.40. The van der Waals surface area contributed by atoms with E-state index >= 15 is 0 Å². The second-order valence-corrected chi connectivity index (χ2v) is 6.52. The molecule has 0 unspecified atom stereocenters. The zero-order valence-electron chi connectivity index (χ0n) is 13.9. The van der Waals surface area contributed by atoms with Crippen molar-refractivity contribution in [2.24, 2.45) is 0 Å². The highest BCUT2D eigenvalue weighted by Gasteiger charge is 2.16. The molecule has 1 aromatic heterocycles. The van der Waals surface area contributed by atoms with E-state index < -0.39 is 0 Å². The summed E-state index contributed by atoms with van der Waals surface area (Å²) >= 11 is 1.37. The SMILES string of the molecule is CSc1nc2ccccc2c(=O)n1CC(=O)c1cc(C)ccc1C. The summed E-state index contributed by atoms with van der Waals surface area (Å²) in [4.78, 5) is 30.0. The number of carbonyl (C=O) groups is 1. The molecule has 0 spiro atoms. The molecule has 4 nitrogen and oxygen atoms in total. The summed E-state index contributed by atoms with van der Waals surface area (Å²) in [5.74, 6) is -0.0781. The van der Waals surface area contributed by atoms with Crippen molar-refractivity contribution < 1.29 is 4.79 Å². The molecule has 0 aliphatic rings. The average Bonchev–Trinajstić information content (AvgIpc) is 2.59. The predicted octanol–water partition coefficient (Wildman–Crippen LogP) is 3.62. The van der Waals surface area contributed by atoms with Crippen LogP contribution >= 0.6 is 11.8 Å². The van der Waals surface area contributed by atoms with E-state index in [1.165, 1.54) is 16.3 Å². The van der Waals surface area contributed by atoms with Crippen molar-refractivity contribution in [2.45, 2.75) is 25.5 Å². The molecule has 3 aromatic rings. The lowest BCUT2D eigenvalue weighted by atomic mass is 10.0. The first kappa shape index (κ1) is 16.5. The van der Waals surface area contributed by atoms with Crippen LogP contribution in [0.25, 0.3) is 10.9 Å². The number of aryl methyl sites for hydroxylation is 2. The summed E-state index contributed by atoms with van der Waals surface area (Å²) in [6.07, 6.45) is 1.86. The predicted molar refractivity (Wildman–Crippen MR) is 98.0 cm³/mol. The lowest BCUT2D eigenvalue weighted by molar-refractivity contribution is 0.0966. The molecule has 0 saturated carbocycles. The maximum absolute atomic E-state index is 12.8. The molecule has 122 valence electrons. The van der Waals surface area contributed by atoms with Crippen LogP contribution < -0.4 is 5.56 Å². The Balaban J connectivity index is 2.09. The average molecular weight is 338 g/mol. The number of hydrogen-bond donors (Lipinski definition) is 0. The minimum atomic E-state index is -0.177. The number of fused-ring (bicyclic) bond motifs is 1. The fraction of sp³-hybridized carbons (Fsp3) is 0.211. The van der Waals surface area contributed by atoms with Gasteiger partial charge in [0.05, 0.1) is 17.4 Å². The van der Waals surface area contributed by atoms with Gasteiger partial charge in [-0.25, -0.2) is 4.98 Å². The highest BCUT2D eigenvalue weighted by molar-refractivity contribution is 7.98. The molecule has 0 fully saturated rings. The lowest BCUT2D eigenvalue weighted by Gasteiger charge is -2.12. The van der Waals surface area contributed by atoms with Gasteiger partial charge in [0, 0.05) is 5.56 Å². The van der Waals surface area contributed by atoms with E-state index in [0.29, 0.717) is 21.6 Å². The van der Waals surface area contributed by atoms with Crippen LogP contribution in [-0.4, -0.2) is 21.6 Å². The number of hydrogen-bond acceptors (Lipinski definition) is 4. The Morgan fingerprint density at radius 3 is 2.67 bits per heavy atom. The second-order valence-electron chi connectivity index (χ2n) is 5.75. The monoisotopic (exact) mass is 338 g/mol. The Morgan fingerprint density at radius 2 is 1.92 bits per heavy atom. The third-order valence-electron chi connectivity index (χ3n) is 4.00. The largest absolute Gasteiger partial charge is 0.292 e. The van der Waals surface area contributed by atoms with Gasteiger partial charge in [0.2, 0.25) is 0 Å². The van der Waals surface area contributed by atoms with E-state index in [-0.39, 0.29) is 17.9 Å². The molecule has 0 aliphatic heterocycles. The van der Waals surface area contributed by atoms with Crippen LogP contribution in [0.1, 0.15) is 21.5 Å². The molecule has 3 rings (SSSR count). The number of aromatic nitrogens is 2. The van der Waals surface area contributed by atoms with Crippen LogP contribution in [-0.2, 0) is 6.54 Å². The molecule has 0 aliphatic carbocycles. The Kier molecular flexibility index (Phi) is 4.53. The van der Waals surface area contributed by atoms with Crippen molar-refractivity contribution in [1.29, 1.82) is 0 Å². The van der Waals surface area contributed by atoms with Crippen LogP contribution in [0.4, 0.5) is 0 Å². The normalized spacial score (nSPS) is 11.0. The van der Waals surface area contributed by atoms with Crippen LogP contribution in [0.2, 0.25) is 0 Å². The first-order chi connectivity index (χ1) is 11.5. The van der Waals surface area contributed by atoms with Gasteiger partial charge in [-0.3, -0.25) is 14.2 Å². The maximum atomic E-state index is 12.8. The minimum Gasteiger partial charge on any atom is -0.292 e. The van der Waals surface area contributed by atoms with Crippen LogP contribution in [0.3, 0.4) is 0 Å². The lowest BCUT2D eigenvalue weighted by Crippen LogP contribution is -2.27. The summed E-state index contributed by atoms with van der Waals surface area (Å²) < 4.78 is 1.47. The van der Waals surface area contributed by atoms with Gasteiger partial charge in [0.15, 0.2) is 10.9 Å². The van der Waals surface area contributed by atoms with E-state index in [4.69, 9.17) is 0 Å². The van der Waals surface area contributed by atoms with Gasteiger partial charge in [-0.1, -0.05) is 41.6 Å². The van der Waals surface area contributed by atoms with E-state index in [1.54, 1.807) is 12.1 Å². The fourth-order valence-corrected chi connectivity index (χ4v) is 3.27. The number of Topliss-reactive ketones (excluding diaryl/α,β-unsaturated/α-hetero) is 1. The summed E-state index contributed by atoms with van der Waals surface area (Å²) in [6, 6.07) is 13.0. The van der Waals surface area contributed by atoms with E-state index in [9.17, 15) is 9.59 Å². The quantitative estimate of drug-likeness (QED) is 0.414. The molecular weight excluding hydrogens is 320 g/mol. The number of para-hydroxylation sites is 1. The maximum Gasteiger partial charge on any atom is 0.262 e. The Bertz CT molecular complexity index is 992. The molecule has 0 atom stereocenters. The van der Waals surface area contributed by atoms with Gasteiger partial charge in [-0.05, 0) is 43.9 Å². The Morgan fingerprint density at radius 1 is 1.17 bits per heavy atom. The summed E-state index contributed by atoms with van der Waals surface area (Å²) in [5, 5.41) is 1.08. The van der Waals surface area contributed by atoms with Gasteiger partial charge in [-0.15, -0.1) is 0 Å². The summed E-state index contributed by atoms with van der Waals surface area (Å²) in [6.45, 7) is 3.86. The second kappa shape index (κ2) is 6.61. The molecule has 0 N–H and O–H groups in total. The number of benzene rings is 2. The molecule has 0 saturated heterocycles. The molecule has 0 bridgehead atoms. The van der Waals surface area contributed by atoms with E-state index in [0.717, 1.165) is 11.1 Å². The molecule has 0 radical (unpaired) electrons. The van der Waals surface area contributed by atoms with Crippen molar-refractivity contribution in [3.8, 4) is 0 Å². The highest BCUT2D eigenvalue weighted by Crippen LogP contribution is 2.17. The molecule has 1 heterocycles. The van der Waals surface area contributed by atoms with Crippen LogP contribution in [0, 0.1) is 13.8 Å². The molecule has 0 amide bonds. The van der Waals surface area contributed by atoms with Crippen LogP contribution in [0.15, 0.2) is 52.4 Å². The highest BCUT2D eigenvalue weighted by atomic mass is 32.2. The van der Waals surface area contributed by atoms with Gasteiger partial charge < -0.3 is 0 Å². The van der Waals surface area contributed by atoms with Crippen molar-refractivity contribution >= 4 is 28.4 Å². The number of ketones is 1. The number of nitrogens with zero attached hydrogens (tertiary/aromatic N) is 2. The fourth-order valence-electron chi connectivity index (χ4n) is 2.71. The Labute approximate surface area is 144 Å². The van der Waals surface area contributed by atoms with Crippen molar-refractivity contribution in [3.63, 3.8) is 0 Å². The zero-order valence-corrected chi connectivity index (χ0v) is 14.7. The summed E-state index contributed by atoms with van der Waals surface area (Å²) in [5.41, 5.74) is 3.07. The third kappa shape index (κ3) is 2.99. The van der Waals surface area contributed by atoms with Crippen molar-refractivity contribution in [1.82, 2.24) is 9.55 Å². The third-order valence-corrected chi connectivity index (χ3v) is 4.68. The number of rotatable bonds is 4. The van der Waals surface area contributed by atoms with E-state index in [2.05, 4.69) is 4.98 Å². The van der Waals surface area contributed by atoms with Crippen LogP contribution in [0.5, 0.6) is 0 Å². The molecule has 2 aromatic carbocycles.